The number of likely N-dealkylation sites (N-methyl/N-ethyl adjacent to an activating group) is 1. The molecule has 0 saturated heterocycles. The van der Waals surface area contributed by atoms with E-state index in [9.17, 15) is 0 Å². The fourth-order valence-electron chi connectivity index (χ4n) is 8.31. The van der Waals surface area contributed by atoms with E-state index in [1.165, 1.54) is 52.8 Å². The number of aryl methyl sites for hydroxylation is 2. The molecular formula is C40H39NO. The summed E-state index contributed by atoms with van der Waals surface area (Å²) < 4.78 is 0. The number of hydrogen-bond acceptors (Lipinski definition) is 2. The first-order valence-corrected chi connectivity index (χ1v) is 15.5. The van der Waals surface area contributed by atoms with Crippen LogP contribution in [0.15, 0.2) is 115 Å². The highest BCUT2D eigenvalue weighted by molar-refractivity contribution is 6.10. The Kier molecular flexibility index (Phi) is 6.54. The van der Waals surface area contributed by atoms with Gasteiger partial charge in [-0.05, 0) is 72.7 Å². The van der Waals surface area contributed by atoms with Gasteiger partial charge in [0, 0.05) is 23.7 Å². The summed E-state index contributed by atoms with van der Waals surface area (Å²) in [5.41, 5.74) is 9.77. The highest BCUT2D eigenvalue weighted by atomic mass is 16.1. The minimum Gasteiger partial charge on any atom is -0.363 e. The Labute approximate surface area is 250 Å². The van der Waals surface area contributed by atoms with Crippen LogP contribution in [0.25, 0.3) is 11.1 Å². The van der Waals surface area contributed by atoms with Gasteiger partial charge in [0.15, 0.2) is 5.78 Å². The van der Waals surface area contributed by atoms with E-state index < -0.39 is 5.54 Å². The number of hydrogen-bond donors (Lipinski definition) is 0. The third-order valence-electron chi connectivity index (χ3n) is 10.3. The van der Waals surface area contributed by atoms with Gasteiger partial charge in [-0.15, -0.1) is 0 Å². The van der Waals surface area contributed by atoms with Gasteiger partial charge in [-0.1, -0.05) is 127 Å². The van der Waals surface area contributed by atoms with Crippen molar-refractivity contribution >= 4 is 22.6 Å². The Bertz CT molecular complexity index is 1690. The quantitative estimate of drug-likeness (QED) is 0.236. The molecule has 0 unspecified atom stereocenters. The van der Waals surface area contributed by atoms with Gasteiger partial charge in [0.25, 0.3) is 0 Å². The topological polar surface area (TPSA) is 20.3 Å². The average molecular weight is 550 g/mol. The number of carbonyl (C=O) groups is 1. The number of anilines is 1. The maximum Gasteiger partial charge on any atom is 0.173 e. The van der Waals surface area contributed by atoms with E-state index in [1.807, 2.05) is 12.1 Å². The van der Waals surface area contributed by atoms with Crippen molar-refractivity contribution in [2.45, 2.75) is 56.9 Å². The Hall–Kier alpha value is -4.17. The summed E-state index contributed by atoms with van der Waals surface area (Å²) in [4.78, 5) is 17.7. The molecule has 4 aromatic carbocycles. The van der Waals surface area contributed by atoms with E-state index >= 15 is 4.79 Å². The fraction of sp³-hybridized carbons (Fsp3) is 0.275. The van der Waals surface area contributed by atoms with Gasteiger partial charge in [0.2, 0.25) is 0 Å². The number of fused-ring (bicyclic) bond motifs is 3. The van der Waals surface area contributed by atoms with Crippen molar-refractivity contribution in [3.63, 3.8) is 0 Å². The third-order valence-corrected chi connectivity index (χ3v) is 10.3. The van der Waals surface area contributed by atoms with Crippen molar-refractivity contribution in [3.05, 3.63) is 149 Å². The zero-order valence-electron chi connectivity index (χ0n) is 24.9. The minimum absolute atomic E-state index is 0.175. The molecule has 0 N–H and O–H groups in total. The first-order valence-electron chi connectivity index (χ1n) is 15.5. The number of benzene rings is 4. The number of para-hydroxylation sites is 1. The molecule has 1 aliphatic heterocycles. The largest absolute Gasteiger partial charge is 0.363 e. The number of nitrogens with zero attached hydrogens (tertiary/aromatic N) is 1. The lowest BCUT2D eigenvalue weighted by Gasteiger charge is -2.56. The predicted octanol–water partition coefficient (Wildman–Crippen LogP) is 9.37. The predicted molar refractivity (Wildman–Crippen MR) is 175 cm³/mol. The van der Waals surface area contributed by atoms with Crippen molar-refractivity contribution in [2.24, 2.45) is 5.92 Å². The van der Waals surface area contributed by atoms with Crippen LogP contribution in [0.1, 0.15) is 70.3 Å². The lowest BCUT2D eigenvalue weighted by Crippen LogP contribution is -2.63. The summed E-state index contributed by atoms with van der Waals surface area (Å²) in [5.74, 6) is -0.166. The summed E-state index contributed by atoms with van der Waals surface area (Å²) in [6, 6.07) is 36.7. The monoisotopic (exact) mass is 549 g/mol. The first kappa shape index (κ1) is 26.7. The number of ketones is 1. The van der Waals surface area contributed by atoms with E-state index in [2.05, 4.69) is 129 Å². The second kappa shape index (κ2) is 10.3. The molecular weight excluding hydrogens is 510 g/mol. The van der Waals surface area contributed by atoms with Crippen LogP contribution in [0, 0.1) is 19.8 Å². The van der Waals surface area contributed by atoms with E-state index in [4.69, 9.17) is 0 Å². The van der Waals surface area contributed by atoms with Crippen LogP contribution in [-0.4, -0.2) is 18.4 Å². The molecule has 1 saturated carbocycles. The molecule has 2 spiro atoms. The first-order chi connectivity index (χ1) is 20.4. The normalized spacial score (nSPS) is 22.5. The van der Waals surface area contributed by atoms with Crippen LogP contribution in [0.2, 0.25) is 0 Å². The van der Waals surface area contributed by atoms with Gasteiger partial charge >= 0.3 is 0 Å². The third kappa shape index (κ3) is 3.96. The van der Waals surface area contributed by atoms with Gasteiger partial charge < -0.3 is 4.90 Å². The van der Waals surface area contributed by atoms with Crippen molar-refractivity contribution in [1.29, 1.82) is 0 Å². The molecule has 2 heteroatoms. The second-order valence-corrected chi connectivity index (χ2v) is 12.6. The molecule has 0 amide bonds. The van der Waals surface area contributed by atoms with Crippen LogP contribution in [0.5, 0.6) is 0 Å². The SMILES string of the molecule is Cc1ccc(C(=O)[C@@H]2C(c3ccccc3)=CC(c3ccc(C)cc3)=C[C@]23N(C)c2ccccc2C32CCCCC2)cc1. The molecule has 4 aromatic rings. The van der Waals surface area contributed by atoms with E-state index in [1.54, 1.807) is 0 Å². The highest BCUT2D eigenvalue weighted by Crippen LogP contribution is 2.64. The summed E-state index contributed by atoms with van der Waals surface area (Å²) in [6.07, 6.45) is 10.6. The van der Waals surface area contributed by atoms with E-state index in [0.29, 0.717) is 0 Å². The van der Waals surface area contributed by atoms with Crippen LogP contribution in [0.3, 0.4) is 0 Å². The van der Waals surface area contributed by atoms with Gasteiger partial charge in [0.1, 0.15) is 0 Å². The summed E-state index contributed by atoms with van der Waals surface area (Å²) in [7, 11) is 2.24. The molecule has 0 bridgehead atoms. The standard InChI is InChI=1S/C40H39NO/c1-28-16-20-30(21-17-28)33-26-34(31-12-6-4-7-13-31)37(38(42)32-22-18-29(2)19-23-32)40(27-33)39(24-10-5-11-25-39)35-14-8-9-15-36(35)41(40)3/h4,6-9,12-23,26-27,37H,5,10-11,24-25H2,1-3H3/t37-,40-/m0/s1. The van der Waals surface area contributed by atoms with Crippen LogP contribution in [0.4, 0.5) is 5.69 Å². The summed E-state index contributed by atoms with van der Waals surface area (Å²) >= 11 is 0. The number of rotatable bonds is 4. The minimum atomic E-state index is -0.556. The molecule has 2 atom stereocenters. The van der Waals surface area contributed by atoms with Gasteiger partial charge in [-0.3, -0.25) is 4.79 Å². The molecule has 2 nitrogen and oxygen atoms in total. The maximum atomic E-state index is 15.2. The van der Waals surface area contributed by atoms with E-state index in [-0.39, 0.29) is 17.1 Å². The zero-order valence-corrected chi connectivity index (χ0v) is 24.9. The number of Topliss-reactive ketones (excluding diaryl/α,β-unsaturated/α-hetero) is 1. The average Bonchev–Trinajstić information content (AvgIpc) is 3.22. The molecule has 7 rings (SSSR count). The maximum absolute atomic E-state index is 15.2. The molecule has 0 radical (unpaired) electrons. The fourth-order valence-corrected chi connectivity index (χ4v) is 8.31. The smallest absolute Gasteiger partial charge is 0.173 e. The molecule has 42 heavy (non-hydrogen) atoms. The van der Waals surface area contributed by atoms with Gasteiger partial charge in [0.05, 0.1) is 11.5 Å². The Morgan fingerprint density at radius 2 is 1.33 bits per heavy atom. The molecule has 2 aliphatic carbocycles. The number of carbonyl (C=O) groups excluding carboxylic acids is 1. The highest BCUT2D eigenvalue weighted by Gasteiger charge is 2.65. The molecule has 1 fully saturated rings. The molecule has 1 heterocycles. The molecule has 0 aromatic heterocycles. The van der Waals surface area contributed by atoms with Gasteiger partial charge in [-0.2, -0.15) is 0 Å². The lowest BCUT2D eigenvalue weighted by atomic mass is 9.51. The lowest BCUT2D eigenvalue weighted by molar-refractivity contribution is 0.0841. The van der Waals surface area contributed by atoms with Crippen molar-refractivity contribution < 1.29 is 4.79 Å². The van der Waals surface area contributed by atoms with Crippen LogP contribution >= 0.6 is 0 Å². The van der Waals surface area contributed by atoms with E-state index in [0.717, 1.165) is 29.5 Å². The second-order valence-electron chi connectivity index (χ2n) is 12.6. The zero-order chi connectivity index (χ0) is 28.9. The Balaban J connectivity index is 1.57. The Morgan fingerprint density at radius 3 is 2.02 bits per heavy atom. The summed E-state index contributed by atoms with van der Waals surface area (Å²) in [6.45, 7) is 4.22. The summed E-state index contributed by atoms with van der Waals surface area (Å²) in [5, 5.41) is 0. The van der Waals surface area contributed by atoms with Crippen molar-refractivity contribution in [2.75, 3.05) is 11.9 Å². The van der Waals surface area contributed by atoms with Crippen LogP contribution < -0.4 is 4.90 Å². The molecule has 210 valence electrons. The van der Waals surface area contributed by atoms with Crippen molar-refractivity contribution in [3.8, 4) is 0 Å². The Morgan fingerprint density at radius 1 is 0.714 bits per heavy atom. The molecule has 3 aliphatic rings. The van der Waals surface area contributed by atoms with Crippen molar-refractivity contribution in [1.82, 2.24) is 0 Å². The number of allylic oxidation sites excluding steroid dienone is 2. The van der Waals surface area contributed by atoms with Gasteiger partial charge in [-0.25, -0.2) is 0 Å². The van der Waals surface area contributed by atoms with Crippen LogP contribution in [-0.2, 0) is 5.41 Å².